The average Bonchev–Trinajstić information content (AvgIpc) is 4.37. The van der Waals surface area contributed by atoms with Crippen molar-refractivity contribution in [1.29, 1.82) is 0 Å². The number of pyridine rings is 2. The van der Waals surface area contributed by atoms with Gasteiger partial charge in [-0.15, -0.1) is 0 Å². The predicted octanol–water partition coefficient (Wildman–Crippen LogP) is 9.47. The van der Waals surface area contributed by atoms with E-state index in [1.165, 1.54) is 7.94 Å². The third-order valence-electron chi connectivity index (χ3n) is 16.3. The second kappa shape index (κ2) is 26.0. The van der Waals surface area contributed by atoms with E-state index in [-0.39, 0.29) is 38.0 Å². The monoisotopic (exact) mass is 1160 g/mol. The Hall–Kier alpha value is -6.43. The van der Waals surface area contributed by atoms with Gasteiger partial charge in [0.25, 0.3) is 20.0 Å². The average molecular weight is 1160 g/mol. The fourth-order valence-corrected chi connectivity index (χ4v) is 14.4. The molecule has 0 bridgehead atoms. The first-order valence-electron chi connectivity index (χ1n) is 27.6. The molecule has 19 nitrogen and oxygen atoms in total. The van der Waals surface area contributed by atoms with E-state index in [0.717, 1.165) is 161 Å². The Morgan fingerprint density at radius 1 is 0.512 bits per heavy atom. The summed E-state index contributed by atoms with van der Waals surface area (Å²) >= 11 is 0. The van der Waals surface area contributed by atoms with E-state index in [4.69, 9.17) is 23.9 Å². The minimum absolute atomic E-state index is 0. The fourth-order valence-electron chi connectivity index (χ4n) is 11.7. The topological polar surface area (TPSA) is 200 Å². The zero-order valence-corrected chi connectivity index (χ0v) is 45.9. The van der Waals surface area contributed by atoms with Crippen LogP contribution >= 0.6 is 0 Å². The quantitative estimate of drug-likeness (QED) is 0.0996. The minimum atomic E-state index is -3.85. The van der Waals surface area contributed by atoms with Gasteiger partial charge in [0.15, 0.2) is 17.1 Å². The van der Waals surface area contributed by atoms with Gasteiger partial charge in [0, 0.05) is 135 Å². The van der Waals surface area contributed by atoms with Crippen LogP contribution in [0.2, 0.25) is 0 Å². The fraction of sp³-hybridized carbons (Fsp3) is 0.459. The molecule has 1 spiro atoms. The van der Waals surface area contributed by atoms with Crippen LogP contribution in [0.25, 0.3) is 44.3 Å². The third-order valence-corrected chi connectivity index (χ3v) is 19.6. The van der Waals surface area contributed by atoms with Gasteiger partial charge in [-0.2, -0.15) is 10.2 Å². The van der Waals surface area contributed by atoms with Gasteiger partial charge in [0.1, 0.15) is 5.78 Å². The van der Waals surface area contributed by atoms with Gasteiger partial charge in [-0.05, 0) is 85.0 Å². The van der Waals surface area contributed by atoms with Crippen molar-refractivity contribution in [2.24, 2.45) is 0 Å². The van der Waals surface area contributed by atoms with Crippen LogP contribution in [-0.4, -0.2) is 155 Å². The third kappa shape index (κ3) is 12.7. The molecule has 13 rings (SSSR count). The van der Waals surface area contributed by atoms with Crippen LogP contribution in [0.3, 0.4) is 0 Å². The van der Waals surface area contributed by atoms with Crippen LogP contribution in [0.1, 0.15) is 96.6 Å². The summed E-state index contributed by atoms with van der Waals surface area (Å²) in [6.45, 7) is 11.3. The number of hydrogen-bond acceptors (Lipinski definition) is 15. The molecular formula is C61H78N10O9S2. The summed E-state index contributed by atoms with van der Waals surface area (Å²) in [5.74, 6) is 0.425. The molecule has 8 aromatic rings. The molecule has 0 unspecified atom stereocenters. The molecule has 0 atom stereocenters. The number of ether oxygens (including phenoxy) is 4. The molecule has 2 aromatic carbocycles. The highest BCUT2D eigenvalue weighted by molar-refractivity contribution is 7.90. The molecule has 3 aliphatic heterocycles. The minimum Gasteiger partial charge on any atom is -0.379 e. The smallest absolute Gasteiger partial charge is 0.269 e. The number of morpholine rings is 2. The van der Waals surface area contributed by atoms with Crippen molar-refractivity contribution in [2.45, 2.75) is 114 Å². The van der Waals surface area contributed by atoms with Crippen molar-refractivity contribution in [1.82, 2.24) is 47.3 Å². The van der Waals surface area contributed by atoms with E-state index in [9.17, 15) is 21.6 Å². The molecular weight excluding hydrogens is 1080 g/mol. The van der Waals surface area contributed by atoms with Gasteiger partial charge in [0.05, 0.1) is 74.9 Å². The highest BCUT2D eigenvalue weighted by atomic mass is 32.2. The molecule has 2 saturated carbocycles. The van der Waals surface area contributed by atoms with Crippen molar-refractivity contribution >= 4 is 47.9 Å². The summed E-state index contributed by atoms with van der Waals surface area (Å²) in [5, 5.41) is 10.8. The molecule has 5 aliphatic rings. The second-order valence-corrected chi connectivity index (χ2v) is 24.8. The maximum atomic E-state index is 13.8. The largest absolute Gasteiger partial charge is 0.379 e. The number of nitrogens with zero attached hydrogens (tertiary/aromatic N) is 10. The van der Waals surface area contributed by atoms with E-state index in [2.05, 4.69) is 37.1 Å². The number of Topliss-reactive ketones (excluding diaryl/α,β-unsaturated/α-hetero) is 1. The van der Waals surface area contributed by atoms with Crippen molar-refractivity contribution in [3.05, 3.63) is 133 Å². The number of hydrogen-bond donors (Lipinski definition) is 0. The highest BCUT2D eigenvalue weighted by Gasteiger charge is 2.41. The first kappa shape index (κ1) is 60.2. The Labute approximate surface area is 482 Å². The number of ketones is 1. The molecule has 5 fully saturated rings. The van der Waals surface area contributed by atoms with Crippen molar-refractivity contribution in [2.75, 3.05) is 78.9 Å². The predicted molar refractivity (Wildman–Crippen MR) is 317 cm³/mol. The number of carbonyl (C=O) groups is 1. The number of aromatic nitrogens is 8. The van der Waals surface area contributed by atoms with E-state index in [1.807, 2.05) is 40.2 Å². The maximum absolute atomic E-state index is 13.8. The molecule has 0 amide bonds. The van der Waals surface area contributed by atoms with Gasteiger partial charge in [-0.25, -0.2) is 34.7 Å². The van der Waals surface area contributed by atoms with Crippen LogP contribution in [-0.2, 0) is 56.9 Å². The van der Waals surface area contributed by atoms with Crippen LogP contribution in [0.5, 0.6) is 0 Å². The van der Waals surface area contributed by atoms with Crippen molar-refractivity contribution in [3.63, 3.8) is 0 Å². The zero-order valence-electron chi connectivity index (χ0n) is 44.2. The Balaban J connectivity index is 0.000000191. The number of fused-ring (bicyclic) bond motifs is 2. The standard InChI is InChI=1S/C30H35N5O5S.C28H31N5O4S.3CH4/c36-41(37,26-4-2-1-3-5-26)35-22-28(25-20-32-34(21-25)11-10-33-12-14-38-15-13-33)27-18-24(19-31-29(27)35)23-6-8-30(9-7-23)39-16-17-40-30;34-24-8-6-21(7-9-24)22-16-26-27(23-18-30-32(19-23)11-10-31-12-14-37-15-13-31)20-33(28(26)29-17-22)38(35,36)25-4-2-1-3-5-25;;;/h1-5,18-23H,6-17H2;1-5,16-21H,6-15H2;3*1H4. The van der Waals surface area contributed by atoms with Gasteiger partial charge in [-0.3, -0.25) is 24.0 Å². The number of rotatable bonds is 14. The lowest BCUT2D eigenvalue weighted by atomic mass is 9.81. The van der Waals surface area contributed by atoms with Crippen LogP contribution < -0.4 is 0 Å². The Kier molecular flexibility index (Phi) is 19.1. The van der Waals surface area contributed by atoms with Crippen LogP contribution in [0.4, 0.5) is 0 Å². The molecule has 82 heavy (non-hydrogen) atoms. The van der Waals surface area contributed by atoms with Gasteiger partial charge in [-0.1, -0.05) is 58.7 Å². The molecule has 6 aromatic heterocycles. The Bertz CT molecular complexity index is 3640. The molecule has 438 valence electrons. The van der Waals surface area contributed by atoms with Gasteiger partial charge in [0.2, 0.25) is 0 Å². The SMILES string of the molecule is C.C.C.O=C1CCC(c2cnc3c(c2)c(-c2cnn(CCN4CCOCC4)c2)cn3S(=O)(=O)c2ccccc2)CC1.O=S(=O)(c1ccccc1)n1cc(-c2cnn(CCN3CCOCC3)c2)c2cc(C3CCC4(CC3)OCCO4)cnc21. The lowest BCUT2D eigenvalue weighted by Crippen LogP contribution is -2.38. The lowest BCUT2D eigenvalue weighted by molar-refractivity contribution is -0.178. The maximum Gasteiger partial charge on any atom is 0.269 e. The summed E-state index contributed by atoms with van der Waals surface area (Å²) in [7, 11) is -7.70. The molecule has 0 radical (unpaired) electrons. The molecule has 9 heterocycles. The first-order valence-corrected chi connectivity index (χ1v) is 30.5. The van der Waals surface area contributed by atoms with E-state index in [0.29, 0.717) is 49.1 Å². The summed E-state index contributed by atoms with van der Waals surface area (Å²) < 4.78 is 84.0. The Morgan fingerprint density at radius 2 is 0.927 bits per heavy atom. The molecule has 0 N–H and O–H groups in total. The normalized spacial score (nSPS) is 18.4. The first-order chi connectivity index (χ1) is 38.5. The molecule has 21 heteroatoms. The lowest BCUT2D eigenvalue weighted by Gasteiger charge is -2.35. The van der Waals surface area contributed by atoms with Crippen molar-refractivity contribution in [3.8, 4) is 22.3 Å². The second-order valence-electron chi connectivity index (χ2n) is 21.2. The van der Waals surface area contributed by atoms with E-state index < -0.39 is 25.8 Å². The summed E-state index contributed by atoms with van der Waals surface area (Å²) in [5.41, 5.74) is 6.26. The number of carbonyl (C=O) groups excluding carboxylic acids is 1. The summed E-state index contributed by atoms with van der Waals surface area (Å²) in [4.78, 5) is 26.4. The zero-order chi connectivity index (χ0) is 54.0. The summed E-state index contributed by atoms with van der Waals surface area (Å²) in [6, 6.07) is 21.1. The van der Waals surface area contributed by atoms with Crippen LogP contribution in [0.15, 0.2) is 132 Å². The van der Waals surface area contributed by atoms with E-state index >= 15 is 0 Å². The molecule has 2 aliphatic carbocycles. The summed E-state index contributed by atoms with van der Waals surface area (Å²) in [6.07, 6.45) is 20.9. The molecule has 3 saturated heterocycles. The van der Waals surface area contributed by atoms with E-state index in [1.54, 1.807) is 79.4 Å². The Morgan fingerprint density at radius 3 is 1.35 bits per heavy atom. The van der Waals surface area contributed by atoms with Gasteiger partial charge >= 0.3 is 0 Å². The van der Waals surface area contributed by atoms with Gasteiger partial charge < -0.3 is 18.9 Å². The highest BCUT2D eigenvalue weighted by Crippen LogP contribution is 2.44. The number of benzene rings is 2. The van der Waals surface area contributed by atoms with Crippen molar-refractivity contribution < 1.29 is 40.6 Å². The van der Waals surface area contributed by atoms with Crippen LogP contribution in [0, 0.1) is 0 Å².